The van der Waals surface area contributed by atoms with Crippen LogP contribution in [0.3, 0.4) is 0 Å². The SMILES string of the molecule is Cc1nn(CN(C)C2CCc3ccccc32)c(=S)n1Cc1ccccc1. The molecule has 1 aliphatic rings. The van der Waals surface area contributed by atoms with Gasteiger partial charge in [-0.15, -0.1) is 0 Å². The third-order valence-corrected chi connectivity index (χ3v) is 5.71. The largest absolute Gasteiger partial charge is 0.300 e. The molecule has 1 aliphatic carbocycles. The van der Waals surface area contributed by atoms with Crippen molar-refractivity contribution in [2.24, 2.45) is 0 Å². The number of fused-ring (bicyclic) bond motifs is 1. The maximum absolute atomic E-state index is 5.72. The fraction of sp³-hybridized carbons (Fsp3) is 0.333. The summed E-state index contributed by atoms with van der Waals surface area (Å²) in [5.41, 5.74) is 4.16. The summed E-state index contributed by atoms with van der Waals surface area (Å²) in [5, 5.41) is 4.71. The van der Waals surface area contributed by atoms with Crippen molar-refractivity contribution in [1.82, 2.24) is 19.2 Å². The average molecular weight is 365 g/mol. The predicted octanol–water partition coefficient (Wildman–Crippen LogP) is 4.35. The van der Waals surface area contributed by atoms with E-state index in [0.29, 0.717) is 12.7 Å². The van der Waals surface area contributed by atoms with Gasteiger partial charge in [0.1, 0.15) is 5.82 Å². The third kappa shape index (κ3) is 3.24. The average Bonchev–Trinajstić information content (AvgIpc) is 3.19. The maximum Gasteiger partial charge on any atom is 0.199 e. The lowest BCUT2D eigenvalue weighted by Gasteiger charge is -2.24. The normalized spacial score (nSPS) is 16.2. The number of aryl methyl sites for hydroxylation is 2. The van der Waals surface area contributed by atoms with E-state index in [2.05, 4.69) is 65.0 Å². The Kier molecular flexibility index (Phi) is 4.74. The molecule has 0 bridgehead atoms. The molecule has 0 saturated heterocycles. The zero-order chi connectivity index (χ0) is 18.1. The minimum absolute atomic E-state index is 0.438. The van der Waals surface area contributed by atoms with Gasteiger partial charge in [0, 0.05) is 6.04 Å². The highest BCUT2D eigenvalue weighted by Crippen LogP contribution is 2.34. The summed E-state index contributed by atoms with van der Waals surface area (Å²) in [7, 11) is 2.17. The van der Waals surface area contributed by atoms with Gasteiger partial charge in [-0.3, -0.25) is 9.47 Å². The van der Waals surface area contributed by atoms with Crippen LogP contribution in [0.2, 0.25) is 0 Å². The monoisotopic (exact) mass is 364 g/mol. The minimum Gasteiger partial charge on any atom is -0.300 e. The van der Waals surface area contributed by atoms with E-state index in [0.717, 1.165) is 30.0 Å². The number of benzene rings is 2. The molecule has 2 aromatic carbocycles. The van der Waals surface area contributed by atoms with Crippen molar-refractivity contribution in [1.29, 1.82) is 0 Å². The number of hydrogen-bond donors (Lipinski definition) is 0. The van der Waals surface area contributed by atoms with Crippen molar-refractivity contribution in [3.05, 3.63) is 81.9 Å². The summed E-state index contributed by atoms with van der Waals surface area (Å²) in [4.78, 5) is 2.36. The molecular weight excluding hydrogens is 340 g/mol. The molecule has 3 aromatic rings. The van der Waals surface area contributed by atoms with Crippen LogP contribution >= 0.6 is 12.2 Å². The smallest absolute Gasteiger partial charge is 0.199 e. The van der Waals surface area contributed by atoms with Crippen LogP contribution in [0, 0.1) is 11.7 Å². The summed E-state index contributed by atoms with van der Waals surface area (Å²) in [5.74, 6) is 0.957. The van der Waals surface area contributed by atoms with Crippen molar-refractivity contribution in [3.8, 4) is 0 Å². The van der Waals surface area contributed by atoms with Gasteiger partial charge in [-0.1, -0.05) is 54.6 Å². The van der Waals surface area contributed by atoms with Crippen molar-refractivity contribution < 1.29 is 0 Å². The fourth-order valence-corrected chi connectivity index (χ4v) is 4.19. The van der Waals surface area contributed by atoms with E-state index < -0.39 is 0 Å². The summed E-state index contributed by atoms with van der Waals surface area (Å²) >= 11 is 5.72. The molecule has 0 fully saturated rings. The second-order valence-corrected chi connectivity index (χ2v) is 7.42. The van der Waals surface area contributed by atoms with Gasteiger partial charge < -0.3 is 0 Å². The van der Waals surface area contributed by atoms with Crippen LogP contribution in [-0.2, 0) is 19.6 Å². The van der Waals surface area contributed by atoms with Crippen LogP contribution in [-0.4, -0.2) is 26.3 Å². The summed E-state index contributed by atoms with van der Waals surface area (Å²) < 4.78 is 4.85. The molecule has 26 heavy (non-hydrogen) atoms. The van der Waals surface area contributed by atoms with Crippen LogP contribution in [0.4, 0.5) is 0 Å². The maximum atomic E-state index is 5.72. The lowest BCUT2D eigenvalue weighted by molar-refractivity contribution is 0.181. The molecule has 0 N–H and O–H groups in total. The van der Waals surface area contributed by atoms with Gasteiger partial charge in [0.05, 0.1) is 13.2 Å². The van der Waals surface area contributed by atoms with E-state index in [-0.39, 0.29) is 0 Å². The van der Waals surface area contributed by atoms with Crippen molar-refractivity contribution >= 4 is 12.2 Å². The number of rotatable bonds is 5. The van der Waals surface area contributed by atoms with Gasteiger partial charge in [-0.05, 0) is 55.7 Å². The Hall–Kier alpha value is -2.24. The fourth-order valence-electron chi connectivity index (χ4n) is 3.89. The molecule has 0 spiro atoms. The van der Waals surface area contributed by atoms with Crippen LogP contribution in [0.1, 0.15) is 35.0 Å². The zero-order valence-corrected chi connectivity index (χ0v) is 16.1. The Morgan fingerprint density at radius 3 is 2.65 bits per heavy atom. The number of aromatic nitrogens is 3. The van der Waals surface area contributed by atoms with E-state index in [1.165, 1.54) is 16.7 Å². The number of hydrogen-bond acceptors (Lipinski definition) is 3. The lowest BCUT2D eigenvalue weighted by atomic mass is 10.1. The molecule has 0 amide bonds. The van der Waals surface area contributed by atoms with Gasteiger partial charge in [0.25, 0.3) is 0 Å². The molecule has 1 aromatic heterocycles. The molecule has 1 atom stereocenters. The van der Waals surface area contributed by atoms with Crippen molar-refractivity contribution in [3.63, 3.8) is 0 Å². The summed E-state index contributed by atoms with van der Waals surface area (Å²) in [6.45, 7) is 3.50. The summed E-state index contributed by atoms with van der Waals surface area (Å²) in [6, 6.07) is 19.6. The molecule has 4 rings (SSSR count). The Labute approximate surface area is 159 Å². The van der Waals surface area contributed by atoms with Crippen LogP contribution in [0.25, 0.3) is 0 Å². The Morgan fingerprint density at radius 1 is 1.12 bits per heavy atom. The summed E-state index contributed by atoms with van der Waals surface area (Å²) in [6.07, 6.45) is 2.31. The Bertz CT molecular complexity index is 958. The molecular formula is C21H24N4S. The zero-order valence-electron chi connectivity index (χ0n) is 15.3. The molecule has 1 unspecified atom stereocenters. The van der Waals surface area contributed by atoms with E-state index >= 15 is 0 Å². The Morgan fingerprint density at radius 2 is 1.85 bits per heavy atom. The first-order chi connectivity index (χ1) is 12.6. The second-order valence-electron chi connectivity index (χ2n) is 7.05. The van der Waals surface area contributed by atoms with E-state index in [1.807, 2.05) is 17.7 Å². The van der Waals surface area contributed by atoms with Gasteiger partial charge in [0.15, 0.2) is 4.77 Å². The highest BCUT2D eigenvalue weighted by molar-refractivity contribution is 7.71. The highest BCUT2D eigenvalue weighted by atomic mass is 32.1. The second kappa shape index (κ2) is 7.17. The molecule has 4 nitrogen and oxygen atoms in total. The molecule has 0 saturated carbocycles. The van der Waals surface area contributed by atoms with E-state index in [1.54, 1.807) is 0 Å². The molecule has 5 heteroatoms. The van der Waals surface area contributed by atoms with Gasteiger partial charge in [-0.2, -0.15) is 5.10 Å². The van der Waals surface area contributed by atoms with Crippen LogP contribution in [0.15, 0.2) is 54.6 Å². The van der Waals surface area contributed by atoms with Gasteiger partial charge in [0.2, 0.25) is 0 Å². The van der Waals surface area contributed by atoms with Crippen molar-refractivity contribution in [2.45, 2.75) is 39.0 Å². The van der Waals surface area contributed by atoms with E-state index in [4.69, 9.17) is 17.3 Å². The minimum atomic E-state index is 0.438. The van der Waals surface area contributed by atoms with E-state index in [9.17, 15) is 0 Å². The van der Waals surface area contributed by atoms with Gasteiger partial charge in [-0.25, -0.2) is 4.68 Å². The third-order valence-electron chi connectivity index (χ3n) is 5.28. The molecule has 0 aliphatic heterocycles. The number of nitrogens with zero attached hydrogens (tertiary/aromatic N) is 4. The lowest BCUT2D eigenvalue weighted by Crippen LogP contribution is -2.26. The predicted molar refractivity (Wildman–Crippen MR) is 107 cm³/mol. The first kappa shape index (κ1) is 17.2. The molecule has 134 valence electrons. The standard InChI is InChI=1S/C21H24N4S/c1-16-22-25(21(26)24(16)14-17-8-4-3-5-9-17)15-23(2)20-13-12-18-10-6-7-11-19(18)20/h3-11,20H,12-15H2,1-2H3. The van der Waals surface area contributed by atoms with Crippen molar-refractivity contribution in [2.75, 3.05) is 7.05 Å². The highest BCUT2D eigenvalue weighted by Gasteiger charge is 2.26. The molecule has 0 radical (unpaired) electrons. The van der Waals surface area contributed by atoms with Gasteiger partial charge >= 0.3 is 0 Å². The quantitative estimate of drug-likeness (QED) is 0.630. The molecule has 1 heterocycles. The van der Waals surface area contributed by atoms with Crippen LogP contribution < -0.4 is 0 Å². The van der Waals surface area contributed by atoms with Crippen LogP contribution in [0.5, 0.6) is 0 Å². The topological polar surface area (TPSA) is 26.0 Å². The Balaban J connectivity index is 1.54. The first-order valence-corrected chi connectivity index (χ1v) is 9.50. The first-order valence-electron chi connectivity index (χ1n) is 9.09.